The maximum atomic E-state index is 13.1. The van der Waals surface area contributed by atoms with Crippen molar-refractivity contribution in [3.63, 3.8) is 0 Å². The Morgan fingerprint density at radius 3 is 1.12 bits per heavy atom. The molecule has 472 valence electrons. The van der Waals surface area contributed by atoms with Gasteiger partial charge in [0.2, 0.25) is 5.91 Å². The van der Waals surface area contributed by atoms with E-state index < -0.39 is 49.5 Å². The number of allylic oxidation sites excluding steroid dienone is 11. The van der Waals surface area contributed by atoms with Crippen LogP contribution in [0, 0.1) is 0 Å². The van der Waals surface area contributed by atoms with Gasteiger partial charge < -0.3 is 40.3 Å². The summed E-state index contributed by atoms with van der Waals surface area (Å²) in [6.45, 7) is 3.78. The summed E-state index contributed by atoms with van der Waals surface area (Å²) in [6, 6.07) is -0.835. The third-order valence-electron chi connectivity index (χ3n) is 16.2. The zero-order chi connectivity index (χ0) is 58.6. The third kappa shape index (κ3) is 49.6. The van der Waals surface area contributed by atoms with E-state index in [4.69, 9.17) is 9.47 Å². The summed E-state index contributed by atoms with van der Waals surface area (Å²) < 4.78 is 11.3. The summed E-state index contributed by atoms with van der Waals surface area (Å²) in [5.74, 6) is -0.191. The summed E-state index contributed by atoms with van der Waals surface area (Å²) in [5.41, 5.74) is 0. The van der Waals surface area contributed by atoms with Crippen molar-refractivity contribution in [2.24, 2.45) is 0 Å². The number of rotatable bonds is 60. The second-order valence-electron chi connectivity index (χ2n) is 24.0. The number of nitrogens with one attached hydrogen (secondary N) is 1. The molecule has 0 aliphatic carbocycles. The van der Waals surface area contributed by atoms with Crippen LogP contribution in [0.3, 0.4) is 0 Å². The van der Waals surface area contributed by atoms with E-state index >= 15 is 0 Å². The van der Waals surface area contributed by atoms with Gasteiger partial charge in [0.1, 0.15) is 24.4 Å². The zero-order valence-corrected chi connectivity index (χ0v) is 52.8. The molecule has 1 saturated heterocycles. The largest absolute Gasteiger partial charge is 0.394 e. The molecule has 1 aliphatic heterocycles. The second kappa shape index (κ2) is 60.7. The second-order valence-corrected chi connectivity index (χ2v) is 24.0. The summed E-state index contributed by atoms with van der Waals surface area (Å²) in [4.78, 5) is 13.1. The Morgan fingerprint density at radius 2 is 0.741 bits per heavy atom. The number of hydrogen-bond donors (Lipinski definition) is 6. The van der Waals surface area contributed by atoms with Gasteiger partial charge in [0.25, 0.3) is 0 Å². The van der Waals surface area contributed by atoms with Gasteiger partial charge >= 0.3 is 0 Å². The van der Waals surface area contributed by atoms with Crippen molar-refractivity contribution < 1.29 is 39.8 Å². The zero-order valence-electron chi connectivity index (χ0n) is 52.8. The highest BCUT2D eigenvalue weighted by Crippen LogP contribution is 2.23. The van der Waals surface area contributed by atoms with Crippen LogP contribution in [-0.4, -0.2) is 87.5 Å². The summed E-state index contributed by atoms with van der Waals surface area (Å²) in [7, 11) is 0. The standard InChI is InChI=1S/C72H131NO8/c1-3-5-7-9-11-13-15-17-19-21-23-25-27-29-31-32-33-34-36-37-39-41-43-45-47-49-51-53-55-57-59-61-66(75)65(64-80-72-71(79)70(78)69(77)67(63-74)81-72)73-68(76)62-60-58-56-54-52-50-48-46-44-42-40-38-35-30-28-26-24-22-20-18-16-14-12-10-8-6-4-2/h16,18,22,24,28,30,43,45,51,53,59,61,65-67,69-72,74-75,77-79H,3-15,17,19-21,23,25-27,29,31-42,44,46-50,52,54-58,60,62-64H2,1-2H3,(H,73,76)/b18-16-,24-22-,30-28-,45-43+,53-51+,61-59+. The van der Waals surface area contributed by atoms with Crippen molar-refractivity contribution in [1.82, 2.24) is 5.32 Å². The number of unbranched alkanes of at least 4 members (excludes halogenated alkanes) is 40. The van der Waals surface area contributed by atoms with E-state index in [2.05, 4.69) is 79.9 Å². The fourth-order valence-corrected chi connectivity index (χ4v) is 10.8. The molecule has 1 rings (SSSR count). The number of aliphatic hydroxyl groups is 5. The first-order valence-electron chi connectivity index (χ1n) is 34.7. The maximum absolute atomic E-state index is 13.1. The quantitative estimate of drug-likeness (QED) is 0.0261. The molecule has 0 aromatic heterocycles. The minimum absolute atomic E-state index is 0.191. The van der Waals surface area contributed by atoms with Crippen molar-refractivity contribution in [2.75, 3.05) is 13.2 Å². The predicted octanol–water partition coefficient (Wildman–Crippen LogP) is 18.8. The van der Waals surface area contributed by atoms with Crippen LogP contribution in [0.4, 0.5) is 0 Å². The summed E-state index contributed by atoms with van der Waals surface area (Å²) in [5, 5.41) is 54.7. The van der Waals surface area contributed by atoms with Gasteiger partial charge in [-0.25, -0.2) is 0 Å². The lowest BCUT2D eigenvalue weighted by Gasteiger charge is -2.40. The van der Waals surface area contributed by atoms with E-state index in [9.17, 15) is 30.3 Å². The molecular formula is C72H131NO8. The van der Waals surface area contributed by atoms with Crippen LogP contribution in [0.1, 0.15) is 322 Å². The highest BCUT2D eigenvalue weighted by atomic mass is 16.7. The number of carbonyl (C=O) groups excluding carboxylic acids is 1. The SMILES string of the molecule is CCCCCCC/C=C\C/C=C\C/C=C\CCCCCCCCCCCCCCC(=O)NC(COC1OC(CO)C(O)C(O)C1O)C(O)/C=C/CC/C=C/CC/C=C/CCCCCCCCCCCCCCCCCCCCCCC. The molecule has 1 aliphatic rings. The van der Waals surface area contributed by atoms with E-state index in [0.29, 0.717) is 6.42 Å². The number of aliphatic hydroxyl groups excluding tert-OH is 5. The van der Waals surface area contributed by atoms with Crippen LogP contribution in [0.2, 0.25) is 0 Å². The molecule has 9 nitrogen and oxygen atoms in total. The van der Waals surface area contributed by atoms with E-state index in [1.165, 1.54) is 244 Å². The van der Waals surface area contributed by atoms with Crippen LogP contribution >= 0.6 is 0 Å². The molecule has 0 radical (unpaired) electrons. The lowest BCUT2D eigenvalue weighted by atomic mass is 9.99. The minimum Gasteiger partial charge on any atom is -0.394 e. The Hall–Kier alpha value is -2.37. The maximum Gasteiger partial charge on any atom is 0.220 e. The Bertz CT molecular complexity index is 1510. The molecule has 7 unspecified atom stereocenters. The number of amides is 1. The molecule has 1 fully saturated rings. The highest BCUT2D eigenvalue weighted by molar-refractivity contribution is 5.76. The monoisotopic (exact) mass is 1140 g/mol. The van der Waals surface area contributed by atoms with Crippen molar-refractivity contribution in [3.05, 3.63) is 72.9 Å². The smallest absolute Gasteiger partial charge is 0.220 e. The highest BCUT2D eigenvalue weighted by Gasteiger charge is 2.44. The summed E-state index contributed by atoms with van der Waals surface area (Å²) in [6.07, 6.45) is 78.6. The molecular weight excluding hydrogens is 1010 g/mol. The molecule has 0 spiro atoms. The van der Waals surface area contributed by atoms with Gasteiger partial charge in [0, 0.05) is 6.42 Å². The van der Waals surface area contributed by atoms with Crippen molar-refractivity contribution in [3.8, 4) is 0 Å². The molecule has 9 heteroatoms. The van der Waals surface area contributed by atoms with Crippen LogP contribution in [0.15, 0.2) is 72.9 Å². The molecule has 0 aromatic rings. The fourth-order valence-electron chi connectivity index (χ4n) is 10.8. The Kier molecular flexibility index (Phi) is 57.5. The molecule has 1 heterocycles. The van der Waals surface area contributed by atoms with E-state index in [1.807, 2.05) is 6.08 Å². The lowest BCUT2D eigenvalue weighted by Crippen LogP contribution is -2.60. The van der Waals surface area contributed by atoms with Gasteiger partial charge in [0.15, 0.2) is 6.29 Å². The van der Waals surface area contributed by atoms with E-state index in [0.717, 1.165) is 57.8 Å². The van der Waals surface area contributed by atoms with Crippen molar-refractivity contribution in [2.45, 2.75) is 365 Å². The fraction of sp³-hybridized carbons (Fsp3) is 0.819. The number of carbonyl (C=O) groups is 1. The van der Waals surface area contributed by atoms with Crippen LogP contribution in [0.25, 0.3) is 0 Å². The van der Waals surface area contributed by atoms with Gasteiger partial charge in [-0.1, -0.05) is 305 Å². The number of ether oxygens (including phenoxy) is 2. The third-order valence-corrected chi connectivity index (χ3v) is 16.2. The molecule has 1 amide bonds. The summed E-state index contributed by atoms with van der Waals surface area (Å²) >= 11 is 0. The predicted molar refractivity (Wildman–Crippen MR) is 345 cm³/mol. The Balaban J connectivity index is 2.18. The first kappa shape index (κ1) is 76.6. The normalized spacial score (nSPS) is 18.8. The first-order chi connectivity index (χ1) is 39.8. The minimum atomic E-state index is -1.58. The number of hydrogen-bond acceptors (Lipinski definition) is 8. The average molecular weight is 1140 g/mol. The molecule has 6 N–H and O–H groups in total. The van der Waals surface area contributed by atoms with Crippen LogP contribution in [-0.2, 0) is 14.3 Å². The topological polar surface area (TPSA) is 149 Å². The van der Waals surface area contributed by atoms with E-state index in [1.54, 1.807) is 6.08 Å². The van der Waals surface area contributed by atoms with Gasteiger partial charge in [-0.15, -0.1) is 0 Å². The van der Waals surface area contributed by atoms with E-state index in [-0.39, 0.29) is 12.5 Å². The first-order valence-corrected chi connectivity index (χ1v) is 34.7. The molecule has 7 atom stereocenters. The lowest BCUT2D eigenvalue weighted by molar-refractivity contribution is -0.302. The Labute approximate surface area is 499 Å². The molecule has 0 saturated carbocycles. The average Bonchev–Trinajstić information content (AvgIpc) is 3.48. The van der Waals surface area contributed by atoms with Crippen LogP contribution < -0.4 is 5.32 Å². The molecule has 0 bridgehead atoms. The van der Waals surface area contributed by atoms with Crippen molar-refractivity contribution in [1.29, 1.82) is 0 Å². The molecule has 81 heavy (non-hydrogen) atoms. The molecule has 0 aromatic carbocycles. The van der Waals surface area contributed by atoms with Gasteiger partial charge in [-0.3, -0.25) is 4.79 Å². The van der Waals surface area contributed by atoms with Crippen LogP contribution in [0.5, 0.6) is 0 Å². The van der Waals surface area contributed by atoms with Gasteiger partial charge in [-0.2, -0.15) is 0 Å². The van der Waals surface area contributed by atoms with Crippen molar-refractivity contribution >= 4 is 5.91 Å². The van der Waals surface area contributed by atoms with Gasteiger partial charge in [0.05, 0.1) is 25.4 Å². The Morgan fingerprint density at radius 1 is 0.420 bits per heavy atom. The van der Waals surface area contributed by atoms with Gasteiger partial charge in [-0.05, 0) is 83.5 Å².